The van der Waals surface area contributed by atoms with Gasteiger partial charge >= 0.3 is 0 Å². The molecule has 0 saturated carbocycles. The highest BCUT2D eigenvalue weighted by molar-refractivity contribution is 9.10. The lowest BCUT2D eigenvalue weighted by Gasteiger charge is -2.15. The van der Waals surface area contributed by atoms with Gasteiger partial charge in [0.15, 0.2) is 11.5 Å². The predicted molar refractivity (Wildman–Crippen MR) is 92.3 cm³/mol. The molecule has 0 fully saturated rings. The Hall–Kier alpha value is -2.68. The first-order valence-corrected chi connectivity index (χ1v) is 8.09. The van der Waals surface area contributed by atoms with Gasteiger partial charge in [-0.2, -0.15) is 0 Å². The number of nitrogens with one attached hydrogen (secondary N) is 1. The molecule has 25 heavy (non-hydrogen) atoms. The van der Waals surface area contributed by atoms with Crippen molar-refractivity contribution in [2.24, 2.45) is 0 Å². The summed E-state index contributed by atoms with van der Waals surface area (Å²) in [5, 5.41) is 17.6. The van der Waals surface area contributed by atoms with Gasteiger partial charge in [0, 0.05) is 6.54 Å². The highest BCUT2D eigenvalue weighted by atomic mass is 79.9. The molecule has 0 aliphatic heterocycles. The van der Waals surface area contributed by atoms with Crippen molar-refractivity contribution in [1.82, 2.24) is 20.6 Å². The van der Waals surface area contributed by atoms with Gasteiger partial charge in [0.25, 0.3) is 0 Å². The Morgan fingerprint density at radius 2 is 2.00 bits per heavy atom. The van der Waals surface area contributed by atoms with Crippen molar-refractivity contribution in [2.45, 2.75) is 13.2 Å². The molecule has 0 bridgehead atoms. The van der Waals surface area contributed by atoms with Gasteiger partial charge in [-0.3, -0.25) is 15.4 Å². The zero-order valence-corrected chi connectivity index (χ0v) is 14.8. The minimum Gasteiger partial charge on any atom is -0.493 e. The summed E-state index contributed by atoms with van der Waals surface area (Å²) in [6.45, 7) is 0.661. The van der Waals surface area contributed by atoms with E-state index in [0.717, 1.165) is 15.6 Å². The maximum atomic E-state index is 13.0. The summed E-state index contributed by atoms with van der Waals surface area (Å²) in [5.74, 6) is 1.13. The molecular weight excluding hydrogens is 393 g/mol. The van der Waals surface area contributed by atoms with Crippen LogP contribution in [-0.2, 0) is 13.2 Å². The first-order chi connectivity index (χ1) is 12.2. The van der Waals surface area contributed by atoms with Gasteiger partial charge in [0.1, 0.15) is 12.4 Å². The molecule has 130 valence electrons. The van der Waals surface area contributed by atoms with E-state index < -0.39 is 0 Å². The maximum Gasteiger partial charge on any atom is 0.175 e. The largest absolute Gasteiger partial charge is 0.493 e. The van der Waals surface area contributed by atoms with Crippen LogP contribution in [0, 0.1) is 5.82 Å². The van der Waals surface area contributed by atoms with E-state index in [1.807, 2.05) is 12.1 Å². The number of H-pyrrole nitrogens is 1. The molecule has 2 aromatic carbocycles. The van der Waals surface area contributed by atoms with Crippen molar-refractivity contribution in [3.8, 4) is 11.5 Å². The second kappa shape index (κ2) is 7.93. The molecule has 1 heterocycles. The van der Waals surface area contributed by atoms with E-state index in [1.165, 1.54) is 12.1 Å². The van der Waals surface area contributed by atoms with Gasteiger partial charge in [0.2, 0.25) is 0 Å². The molecule has 0 amide bonds. The molecule has 0 aliphatic carbocycles. The fourth-order valence-electron chi connectivity index (χ4n) is 2.13. The lowest BCUT2D eigenvalue weighted by molar-refractivity contribution is 0.282. The van der Waals surface area contributed by atoms with Crippen LogP contribution >= 0.6 is 15.9 Å². The van der Waals surface area contributed by atoms with Crippen LogP contribution in [0.4, 0.5) is 10.3 Å². The Morgan fingerprint density at radius 1 is 1.20 bits per heavy atom. The molecule has 3 rings (SSSR count). The van der Waals surface area contributed by atoms with Crippen LogP contribution in [0.15, 0.2) is 40.9 Å². The zero-order valence-electron chi connectivity index (χ0n) is 13.2. The fourth-order valence-corrected chi connectivity index (χ4v) is 2.73. The minimum atomic E-state index is -0.280. The van der Waals surface area contributed by atoms with E-state index in [-0.39, 0.29) is 11.8 Å². The predicted octanol–water partition coefficient (Wildman–Crippen LogP) is 3.89. The van der Waals surface area contributed by atoms with Gasteiger partial charge in [-0.1, -0.05) is 12.1 Å². The Bertz CT molecular complexity index is 827. The smallest absolute Gasteiger partial charge is 0.175 e. The standard InChI is InChI=1S/C16H14BrFN5O2/c1-24-14-7-11(8-19-16-20-22-23-21-16)6-13(17)15(14)25-9-10-2-4-12(18)5-3-10/h2-7H,8-9H2,1H3,(H-,19,20,21,22,23)/q-1. The Balaban J connectivity index is 1.71. The maximum absolute atomic E-state index is 13.0. The summed E-state index contributed by atoms with van der Waals surface area (Å²) >= 11 is 3.49. The molecule has 0 aliphatic rings. The van der Waals surface area contributed by atoms with E-state index in [1.54, 1.807) is 19.2 Å². The SMILES string of the molecule is COc1cc(C[N-]c2nn[nH]n2)cc(Br)c1OCc1ccc(F)cc1. The van der Waals surface area contributed by atoms with E-state index in [4.69, 9.17) is 9.47 Å². The highest BCUT2D eigenvalue weighted by Gasteiger charge is 2.12. The first-order valence-electron chi connectivity index (χ1n) is 7.30. The Morgan fingerprint density at radius 3 is 2.68 bits per heavy atom. The molecule has 1 aromatic heterocycles. The molecule has 0 spiro atoms. The third-order valence-electron chi connectivity index (χ3n) is 3.32. The van der Waals surface area contributed by atoms with Crippen LogP contribution in [0.3, 0.4) is 0 Å². The number of halogens is 2. The van der Waals surface area contributed by atoms with Crippen LogP contribution in [-0.4, -0.2) is 27.7 Å². The van der Waals surface area contributed by atoms with E-state index in [0.29, 0.717) is 24.7 Å². The van der Waals surface area contributed by atoms with Gasteiger partial charge < -0.3 is 14.8 Å². The van der Waals surface area contributed by atoms with Crippen molar-refractivity contribution in [1.29, 1.82) is 0 Å². The minimum absolute atomic E-state index is 0.280. The second-order valence-electron chi connectivity index (χ2n) is 5.05. The highest BCUT2D eigenvalue weighted by Crippen LogP contribution is 2.38. The monoisotopic (exact) mass is 406 g/mol. The molecule has 0 unspecified atom stereocenters. The molecule has 1 N–H and O–H groups in total. The number of rotatable bonds is 7. The summed E-state index contributed by atoms with van der Waals surface area (Å²) in [6, 6.07) is 9.85. The van der Waals surface area contributed by atoms with Gasteiger partial charge in [0.05, 0.1) is 17.5 Å². The summed E-state index contributed by atoms with van der Waals surface area (Å²) in [5.41, 5.74) is 1.74. The van der Waals surface area contributed by atoms with Crippen molar-refractivity contribution in [3.63, 3.8) is 0 Å². The van der Waals surface area contributed by atoms with E-state index >= 15 is 0 Å². The third kappa shape index (κ3) is 4.44. The number of benzene rings is 2. The number of nitrogens with zero attached hydrogens (tertiary/aromatic N) is 4. The van der Waals surface area contributed by atoms with E-state index in [2.05, 4.69) is 41.9 Å². The summed E-state index contributed by atoms with van der Waals surface area (Å²) in [4.78, 5) is 0. The van der Waals surface area contributed by atoms with Crippen LogP contribution < -0.4 is 9.47 Å². The summed E-state index contributed by atoms with van der Waals surface area (Å²) in [6.07, 6.45) is 0. The molecule has 0 atom stereocenters. The van der Waals surface area contributed by atoms with Crippen LogP contribution in [0.25, 0.3) is 5.32 Å². The summed E-state index contributed by atoms with van der Waals surface area (Å²) in [7, 11) is 1.56. The number of aromatic amines is 1. The molecular formula is C16H14BrFN5O2-. The Kier molecular flexibility index (Phi) is 5.44. The van der Waals surface area contributed by atoms with E-state index in [9.17, 15) is 4.39 Å². The van der Waals surface area contributed by atoms with Crippen LogP contribution in [0.5, 0.6) is 11.5 Å². The molecule has 0 radical (unpaired) electrons. The normalized spacial score (nSPS) is 10.5. The van der Waals surface area contributed by atoms with Crippen molar-refractivity contribution in [3.05, 3.63) is 63.1 Å². The average Bonchev–Trinajstić information content (AvgIpc) is 3.13. The molecule has 3 aromatic rings. The van der Waals surface area contributed by atoms with Crippen LogP contribution in [0.1, 0.15) is 11.1 Å². The first kappa shape index (κ1) is 17.2. The Labute approximate surface area is 151 Å². The lowest BCUT2D eigenvalue weighted by Crippen LogP contribution is -2.00. The van der Waals surface area contributed by atoms with Crippen LogP contribution in [0.2, 0.25) is 0 Å². The number of methoxy groups -OCH3 is 1. The van der Waals surface area contributed by atoms with Gasteiger partial charge in [-0.05, 0) is 51.3 Å². The third-order valence-corrected chi connectivity index (χ3v) is 3.91. The lowest BCUT2D eigenvalue weighted by atomic mass is 10.2. The zero-order chi connectivity index (χ0) is 17.6. The van der Waals surface area contributed by atoms with Crippen molar-refractivity contribution >= 4 is 21.9 Å². The topological polar surface area (TPSA) is 87.0 Å². The van der Waals surface area contributed by atoms with Gasteiger partial charge in [-0.25, -0.2) is 4.39 Å². The van der Waals surface area contributed by atoms with Crippen molar-refractivity contribution < 1.29 is 13.9 Å². The van der Waals surface area contributed by atoms with Gasteiger partial charge in [-0.15, -0.1) is 5.21 Å². The number of ether oxygens (including phenoxy) is 2. The molecule has 7 nitrogen and oxygen atoms in total. The number of tetrazole rings is 1. The quantitative estimate of drug-likeness (QED) is 0.642. The summed E-state index contributed by atoms with van der Waals surface area (Å²) < 4.78 is 24.9. The fraction of sp³-hybridized carbons (Fsp3) is 0.188. The number of aromatic nitrogens is 4. The van der Waals surface area contributed by atoms with Crippen molar-refractivity contribution in [2.75, 3.05) is 7.11 Å². The number of hydrogen-bond donors (Lipinski definition) is 1. The molecule has 0 saturated heterocycles. The average molecular weight is 407 g/mol. The number of hydrogen-bond acceptors (Lipinski definition) is 5. The second-order valence-corrected chi connectivity index (χ2v) is 5.91. The molecule has 9 heteroatoms.